The molecule has 2 aliphatic carbocycles. The third-order valence-electron chi connectivity index (χ3n) is 3.87. The average molecular weight is 137 g/mol. The molecule has 0 aromatic carbocycles. The smallest absolute Gasteiger partial charge is 0.00982 e. The van der Waals surface area contributed by atoms with Gasteiger partial charge in [0.15, 0.2) is 0 Å². The van der Waals surface area contributed by atoms with Crippen molar-refractivity contribution in [3.63, 3.8) is 0 Å². The van der Waals surface area contributed by atoms with Crippen molar-refractivity contribution < 1.29 is 0 Å². The predicted octanol–water partition coefficient (Wildman–Crippen LogP) is 1.54. The number of hydrogen-bond acceptors (Lipinski definition) is 1. The minimum atomic E-state index is 0.934. The molecule has 0 amide bonds. The minimum absolute atomic E-state index is 0.934. The van der Waals surface area contributed by atoms with E-state index in [1.807, 2.05) is 0 Å². The average Bonchev–Trinajstić information content (AvgIpc) is 2.05. The Labute approximate surface area is 62.2 Å². The molecule has 5 fully saturated rings. The molecular formula is C9H15N. The van der Waals surface area contributed by atoms with Crippen molar-refractivity contribution in [2.75, 3.05) is 0 Å². The highest BCUT2D eigenvalue weighted by Crippen LogP contribution is 2.45. The summed E-state index contributed by atoms with van der Waals surface area (Å²) in [6.45, 7) is 0. The van der Waals surface area contributed by atoms with Crippen molar-refractivity contribution in [3.8, 4) is 0 Å². The van der Waals surface area contributed by atoms with Gasteiger partial charge in [0.1, 0.15) is 0 Å². The molecule has 0 aromatic heterocycles. The zero-order valence-corrected chi connectivity index (χ0v) is 6.34. The Morgan fingerprint density at radius 3 is 1.70 bits per heavy atom. The molecule has 56 valence electrons. The summed E-state index contributed by atoms with van der Waals surface area (Å²) in [5, 5.41) is 3.75. The second-order valence-electron chi connectivity index (χ2n) is 4.29. The van der Waals surface area contributed by atoms with Gasteiger partial charge in [-0.3, -0.25) is 0 Å². The van der Waals surface area contributed by atoms with E-state index in [9.17, 15) is 0 Å². The summed E-state index contributed by atoms with van der Waals surface area (Å²) in [6, 6.07) is 1.87. The van der Waals surface area contributed by atoms with Gasteiger partial charge in [-0.15, -0.1) is 0 Å². The monoisotopic (exact) mass is 137 g/mol. The van der Waals surface area contributed by atoms with Gasteiger partial charge < -0.3 is 5.32 Å². The first kappa shape index (κ1) is 5.59. The first-order valence-electron chi connectivity index (χ1n) is 4.69. The molecule has 0 spiro atoms. The third-order valence-corrected chi connectivity index (χ3v) is 3.87. The topological polar surface area (TPSA) is 12.0 Å². The quantitative estimate of drug-likeness (QED) is 0.534. The van der Waals surface area contributed by atoms with Gasteiger partial charge in [0, 0.05) is 12.1 Å². The lowest BCUT2D eigenvalue weighted by atomic mass is 9.63. The Morgan fingerprint density at radius 1 is 0.800 bits per heavy atom. The van der Waals surface area contributed by atoms with E-state index in [1.165, 1.54) is 25.7 Å². The molecule has 2 saturated carbocycles. The molecule has 1 heteroatoms. The largest absolute Gasteiger partial charge is 0.311 e. The van der Waals surface area contributed by atoms with E-state index in [0.717, 1.165) is 23.9 Å². The van der Waals surface area contributed by atoms with Crippen LogP contribution in [0.3, 0.4) is 0 Å². The van der Waals surface area contributed by atoms with Crippen LogP contribution in [0.5, 0.6) is 0 Å². The standard InChI is InChI=1S/C9H15N/c1-3-8-7-2-4-9(10-8)6(1)5-7/h6-10H,1-5H2. The lowest BCUT2D eigenvalue weighted by Gasteiger charge is -2.53. The van der Waals surface area contributed by atoms with Crippen molar-refractivity contribution >= 4 is 0 Å². The molecule has 1 nitrogen and oxygen atoms in total. The number of hydrogen-bond donors (Lipinski definition) is 1. The minimum Gasteiger partial charge on any atom is -0.311 e. The Hall–Kier alpha value is -0.0400. The number of rotatable bonds is 0. The normalized spacial score (nSPS) is 57.6. The van der Waals surface area contributed by atoms with Crippen LogP contribution >= 0.6 is 0 Å². The van der Waals surface area contributed by atoms with Crippen LogP contribution < -0.4 is 5.32 Å². The van der Waals surface area contributed by atoms with Gasteiger partial charge in [0.05, 0.1) is 0 Å². The molecule has 4 atom stereocenters. The Bertz CT molecular complexity index is 121. The lowest BCUT2D eigenvalue weighted by molar-refractivity contribution is 0.0309. The third kappa shape index (κ3) is 0.572. The molecule has 1 N–H and O–H groups in total. The summed E-state index contributed by atoms with van der Waals surface area (Å²) >= 11 is 0. The fourth-order valence-electron chi connectivity index (χ4n) is 3.33. The van der Waals surface area contributed by atoms with E-state index in [1.54, 1.807) is 6.42 Å². The summed E-state index contributed by atoms with van der Waals surface area (Å²) in [7, 11) is 0. The number of nitrogens with one attached hydrogen (secondary N) is 1. The van der Waals surface area contributed by atoms with Gasteiger partial charge in [-0.1, -0.05) is 0 Å². The van der Waals surface area contributed by atoms with Gasteiger partial charge in [-0.05, 0) is 43.9 Å². The summed E-state index contributed by atoms with van der Waals surface area (Å²) < 4.78 is 0. The van der Waals surface area contributed by atoms with Crippen molar-refractivity contribution in [3.05, 3.63) is 0 Å². The maximum Gasteiger partial charge on any atom is 0.00982 e. The zero-order valence-electron chi connectivity index (χ0n) is 6.34. The Kier molecular flexibility index (Phi) is 0.984. The van der Waals surface area contributed by atoms with Crippen LogP contribution in [0.4, 0.5) is 0 Å². The lowest BCUT2D eigenvalue weighted by Crippen LogP contribution is -2.60. The Morgan fingerprint density at radius 2 is 1.40 bits per heavy atom. The van der Waals surface area contributed by atoms with Gasteiger partial charge in [-0.2, -0.15) is 0 Å². The summed E-state index contributed by atoms with van der Waals surface area (Å²) in [5.74, 6) is 2.15. The van der Waals surface area contributed by atoms with Crippen LogP contribution in [0.2, 0.25) is 0 Å². The summed E-state index contributed by atoms with van der Waals surface area (Å²) in [4.78, 5) is 0. The maximum atomic E-state index is 3.75. The molecule has 5 aliphatic rings. The van der Waals surface area contributed by atoms with Crippen LogP contribution in [-0.4, -0.2) is 12.1 Å². The molecule has 3 heterocycles. The maximum absolute atomic E-state index is 3.75. The number of piperidine rings is 3. The molecule has 5 rings (SSSR count). The van der Waals surface area contributed by atoms with Crippen molar-refractivity contribution in [2.45, 2.75) is 44.2 Å². The highest BCUT2D eigenvalue weighted by molar-refractivity contribution is 5.01. The predicted molar refractivity (Wildman–Crippen MR) is 40.8 cm³/mol. The summed E-state index contributed by atoms with van der Waals surface area (Å²) in [6.07, 6.45) is 7.57. The summed E-state index contributed by atoms with van der Waals surface area (Å²) in [5.41, 5.74) is 0. The van der Waals surface area contributed by atoms with Gasteiger partial charge in [0.2, 0.25) is 0 Å². The molecule has 10 heavy (non-hydrogen) atoms. The molecule has 3 aliphatic heterocycles. The van der Waals surface area contributed by atoms with Crippen LogP contribution in [0.15, 0.2) is 0 Å². The highest BCUT2D eigenvalue weighted by atomic mass is 15.0. The molecular weight excluding hydrogens is 122 g/mol. The highest BCUT2D eigenvalue weighted by Gasteiger charge is 2.44. The molecule has 0 aromatic rings. The van der Waals surface area contributed by atoms with E-state index in [4.69, 9.17) is 0 Å². The van der Waals surface area contributed by atoms with Gasteiger partial charge >= 0.3 is 0 Å². The molecule has 0 radical (unpaired) electrons. The molecule has 3 saturated heterocycles. The first-order valence-corrected chi connectivity index (χ1v) is 4.69. The van der Waals surface area contributed by atoms with Crippen LogP contribution in [-0.2, 0) is 0 Å². The SMILES string of the molecule is C1CC2NC3CCC2CC13. The van der Waals surface area contributed by atoms with E-state index >= 15 is 0 Å². The van der Waals surface area contributed by atoms with Crippen molar-refractivity contribution in [2.24, 2.45) is 11.8 Å². The second kappa shape index (κ2) is 1.76. The van der Waals surface area contributed by atoms with Crippen molar-refractivity contribution in [1.29, 1.82) is 0 Å². The van der Waals surface area contributed by atoms with Crippen LogP contribution in [0.1, 0.15) is 32.1 Å². The van der Waals surface area contributed by atoms with Gasteiger partial charge in [0.25, 0.3) is 0 Å². The van der Waals surface area contributed by atoms with E-state index < -0.39 is 0 Å². The molecule has 4 bridgehead atoms. The fourth-order valence-corrected chi connectivity index (χ4v) is 3.33. The number of fused-ring (bicyclic) bond motifs is 2. The molecule has 4 unspecified atom stereocenters. The first-order chi connectivity index (χ1) is 4.93. The second-order valence-corrected chi connectivity index (χ2v) is 4.29. The van der Waals surface area contributed by atoms with E-state index in [-0.39, 0.29) is 0 Å². The van der Waals surface area contributed by atoms with Crippen molar-refractivity contribution in [1.82, 2.24) is 5.32 Å². The fraction of sp³-hybridized carbons (Fsp3) is 1.00. The van der Waals surface area contributed by atoms with E-state index in [2.05, 4.69) is 5.32 Å². The van der Waals surface area contributed by atoms with Gasteiger partial charge in [-0.25, -0.2) is 0 Å². The Balaban J connectivity index is 1.94. The zero-order chi connectivity index (χ0) is 6.55. The van der Waals surface area contributed by atoms with Crippen LogP contribution in [0, 0.1) is 11.8 Å². The van der Waals surface area contributed by atoms with E-state index in [0.29, 0.717) is 0 Å². The van der Waals surface area contributed by atoms with Crippen LogP contribution in [0.25, 0.3) is 0 Å².